The Hall–Kier alpha value is -0.380. The highest BCUT2D eigenvalue weighted by molar-refractivity contribution is 9.10. The topological polar surface area (TPSA) is 24.1 Å². The molecule has 2 N–H and O–H groups in total. The lowest BCUT2D eigenvalue weighted by Crippen LogP contribution is -2.42. The number of hydrogen-bond acceptors (Lipinski definition) is 2. The van der Waals surface area contributed by atoms with Gasteiger partial charge in [0.15, 0.2) is 0 Å². The lowest BCUT2D eigenvalue weighted by Gasteiger charge is -2.25. The number of nitrogens with one attached hydrogen (secondary N) is 2. The summed E-state index contributed by atoms with van der Waals surface area (Å²) in [5.41, 5.74) is 1.35. The molecule has 1 aromatic carbocycles. The van der Waals surface area contributed by atoms with Crippen molar-refractivity contribution in [1.29, 1.82) is 0 Å². The van der Waals surface area contributed by atoms with Gasteiger partial charge in [-0.3, -0.25) is 0 Å². The van der Waals surface area contributed by atoms with Gasteiger partial charge in [0.25, 0.3) is 0 Å². The second-order valence-corrected chi connectivity index (χ2v) is 5.74. The standard InChI is InChI=1S/C14H21BrN2/c1-11(12-5-7-13(15)8-6-12)17-10-14-4-2-3-9-16-14/h5-8,11,14,16-17H,2-4,9-10H2,1H3. The molecule has 2 nitrogen and oxygen atoms in total. The van der Waals surface area contributed by atoms with Gasteiger partial charge in [-0.25, -0.2) is 0 Å². The summed E-state index contributed by atoms with van der Waals surface area (Å²) in [6, 6.07) is 9.64. The van der Waals surface area contributed by atoms with Crippen LogP contribution >= 0.6 is 15.9 Å². The molecule has 1 heterocycles. The molecule has 0 radical (unpaired) electrons. The van der Waals surface area contributed by atoms with E-state index in [-0.39, 0.29) is 0 Å². The third kappa shape index (κ3) is 4.09. The van der Waals surface area contributed by atoms with Crippen LogP contribution in [0.5, 0.6) is 0 Å². The Bertz CT molecular complexity index is 331. The van der Waals surface area contributed by atoms with Crippen molar-refractivity contribution in [3.8, 4) is 0 Å². The third-order valence-electron chi connectivity index (χ3n) is 3.45. The summed E-state index contributed by atoms with van der Waals surface area (Å²) in [6.07, 6.45) is 4.00. The van der Waals surface area contributed by atoms with Crippen LogP contribution in [0.2, 0.25) is 0 Å². The Morgan fingerprint density at radius 3 is 2.76 bits per heavy atom. The molecule has 0 saturated carbocycles. The van der Waals surface area contributed by atoms with Crippen molar-refractivity contribution in [2.75, 3.05) is 13.1 Å². The molecule has 17 heavy (non-hydrogen) atoms. The van der Waals surface area contributed by atoms with E-state index in [4.69, 9.17) is 0 Å². The van der Waals surface area contributed by atoms with Crippen molar-refractivity contribution in [3.05, 3.63) is 34.3 Å². The Morgan fingerprint density at radius 1 is 1.35 bits per heavy atom. The van der Waals surface area contributed by atoms with E-state index in [1.807, 2.05) is 0 Å². The maximum Gasteiger partial charge on any atom is 0.0292 e. The van der Waals surface area contributed by atoms with Gasteiger partial charge >= 0.3 is 0 Å². The largest absolute Gasteiger partial charge is 0.313 e. The molecule has 1 aliphatic rings. The van der Waals surface area contributed by atoms with Crippen LogP contribution in [0.25, 0.3) is 0 Å². The summed E-state index contributed by atoms with van der Waals surface area (Å²) in [6.45, 7) is 4.47. The molecule has 0 bridgehead atoms. The monoisotopic (exact) mass is 296 g/mol. The first-order valence-corrected chi connectivity index (χ1v) is 7.27. The number of hydrogen-bond donors (Lipinski definition) is 2. The normalized spacial score (nSPS) is 22.4. The van der Waals surface area contributed by atoms with Crippen molar-refractivity contribution in [1.82, 2.24) is 10.6 Å². The number of rotatable bonds is 4. The fourth-order valence-electron chi connectivity index (χ4n) is 2.29. The summed E-state index contributed by atoms with van der Waals surface area (Å²) >= 11 is 3.47. The van der Waals surface area contributed by atoms with Gasteiger partial charge in [0.05, 0.1) is 0 Å². The van der Waals surface area contributed by atoms with Gasteiger partial charge in [-0.15, -0.1) is 0 Å². The van der Waals surface area contributed by atoms with Gasteiger partial charge in [-0.05, 0) is 44.0 Å². The molecule has 1 aliphatic heterocycles. The van der Waals surface area contributed by atoms with E-state index in [9.17, 15) is 0 Å². The average Bonchev–Trinajstić information content (AvgIpc) is 2.38. The zero-order valence-corrected chi connectivity index (χ0v) is 12.0. The van der Waals surface area contributed by atoms with Crippen LogP contribution in [0.1, 0.15) is 37.8 Å². The zero-order valence-electron chi connectivity index (χ0n) is 10.4. The molecule has 94 valence electrons. The Kier molecular flexibility index (Phi) is 5.01. The Morgan fingerprint density at radius 2 is 2.12 bits per heavy atom. The summed E-state index contributed by atoms with van der Waals surface area (Å²) in [4.78, 5) is 0. The number of piperidine rings is 1. The molecule has 0 spiro atoms. The second-order valence-electron chi connectivity index (χ2n) is 4.83. The van der Waals surface area contributed by atoms with Gasteiger partial charge < -0.3 is 10.6 Å². The summed E-state index contributed by atoms with van der Waals surface area (Å²) < 4.78 is 1.14. The summed E-state index contributed by atoms with van der Waals surface area (Å²) in [5.74, 6) is 0. The van der Waals surface area contributed by atoms with Crippen LogP contribution in [0.4, 0.5) is 0 Å². The molecule has 1 saturated heterocycles. The highest BCUT2D eigenvalue weighted by Gasteiger charge is 2.13. The van der Waals surface area contributed by atoms with Gasteiger partial charge in [0.2, 0.25) is 0 Å². The molecule has 0 aromatic heterocycles. The molecule has 2 atom stereocenters. The predicted molar refractivity (Wildman–Crippen MR) is 76.2 cm³/mol. The average molecular weight is 297 g/mol. The molecular weight excluding hydrogens is 276 g/mol. The van der Waals surface area contributed by atoms with Crippen molar-refractivity contribution < 1.29 is 0 Å². The van der Waals surface area contributed by atoms with Crippen molar-refractivity contribution >= 4 is 15.9 Å². The van der Waals surface area contributed by atoms with E-state index in [2.05, 4.69) is 57.8 Å². The minimum Gasteiger partial charge on any atom is -0.313 e. The maximum atomic E-state index is 3.61. The van der Waals surface area contributed by atoms with E-state index in [0.29, 0.717) is 12.1 Å². The van der Waals surface area contributed by atoms with E-state index >= 15 is 0 Å². The van der Waals surface area contributed by atoms with Crippen molar-refractivity contribution in [2.24, 2.45) is 0 Å². The Balaban J connectivity index is 1.80. The molecule has 0 amide bonds. The van der Waals surface area contributed by atoms with E-state index in [1.54, 1.807) is 0 Å². The zero-order chi connectivity index (χ0) is 12.1. The van der Waals surface area contributed by atoms with E-state index < -0.39 is 0 Å². The lowest BCUT2D eigenvalue weighted by molar-refractivity contribution is 0.371. The van der Waals surface area contributed by atoms with Crippen LogP contribution in [-0.2, 0) is 0 Å². The van der Waals surface area contributed by atoms with Gasteiger partial charge in [-0.1, -0.05) is 34.5 Å². The first-order valence-electron chi connectivity index (χ1n) is 6.48. The SMILES string of the molecule is CC(NCC1CCCCN1)c1ccc(Br)cc1. The first kappa shape index (κ1) is 13.1. The van der Waals surface area contributed by atoms with Crippen LogP contribution < -0.4 is 10.6 Å². The van der Waals surface area contributed by atoms with Crippen molar-refractivity contribution in [2.45, 2.75) is 38.3 Å². The molecule has 0 aliphatic carbocycles. The Labute approximate surface area is 112 Å². The van der Waals surface area contributed by atoms with Crippen LogP contribution in [0.3, 0.4) is 0 Å². The molecule has 2 unspecified atom stereocenters. The minimum atomic E-state index is 0.423. The van der Waals surface area contributed by atoms with Gasteiger partial charge in [-0.2, -0.15) is 0 Å². The van der Waals surface area contributed by atoms with E-state index in [0.717, 1.165) is 11.0 Å². The van der Waals surface area contributed by atoms with Crippen molar-refractivity contribution in [3.63, 3.8) is 0 Å². The highest BCUT2D eigenvalue weighted by atomic mass is 79.9. The fourth-order valence-corrected chi connectivity index (χ4v) is 2.55. The molecule has 1 aromatic rings. The molecular formula is C14H21BrN2. The van der Waals surface area contributed by atoms with Gasteiger partial charge in [0, 0.05) is 23.1 Å². The van der Waals surface area contributed by atoms with Crippen LogP contribution in [0.15, 0.2) is 28.7 Å². The second kappa shape index (κ2) is 6.53. The first-order chi connectivity index (χ1) is 8.25. The van der Waals surface area contributed by atoms with Crippen LogP contribution in [0, 0.1) is 0 Å². The quantitative estimate of drug-likeness (QED) is 0.891. The number of halogens is 1. The molecule has 1 fully saturated rings. The fraction of sp³-hybridized carbons (Fsp3) is 0.571. The molecule has 2 rings (SSSR count). The molecule has 3 heteroatoms. The lowest BCUT2D eigenvalue weighted by atomic mass is 10.0. The smallest absolute Gasteiger partial charge is 0.0292 e. The third-order valence-corrected chi connectivity index (χ3v) is 3.98. The summed E-state index contributed by atoms with van der Waals surface area (Å²) in [7, 11) is 0. The number of benzene rings is 1. The maximum absolute atomic E-state index is 3.61. The predicted octanol–water partition coefficient (Wildman–Crippen LogP) is 3.24. The summed E-state index contributed by atoms with van der Waals surface area (Å²) in [5, 5.41) is 7.18. The van der Waals surface area contributed by atoms with Gasteiger partial charge in [0.1, 0.15) is 0 Å². The van der Waals surface area contributed by atoms with E-state index in [1.165, 1.54) is 31.4 Å². The highest BCUT2D eigenvalue weighted by Crippen LogP contribution is 2.16. The van der Waals surface area contributed by atoms with Crippen LogP contribution in [-0.4, -0.2) is 19.1 Å². The minimum absolute atomic E-state index is 0.423.